The summed E-state index contributed by atoms with van der Waals surface area (Å²) in [4.78, 5) is 14.5. The van der Waals surface area contributed by atoms with E-state index in [1.807, 2.05) is 42.5 Å². The van der Waals surface area contributed by atoms with E-state index in [9.17, 15) is 4.79 Å². The summed E-state index contributed by atoms with van der Waals surface area (Å²) < 4.78 is 0. The van der Waals surface area contributed by atoms with Crippen molar-refractivity contribution in [2.24, 2.45) is 0 Å². The first-order chi connectivity index (χ1) is 12.7. The largest absolute Gasteiger partial charge is 0.289 e. The molecule has 0 radical (unpaired) electrons. The second-order valence-corrected chi connectivity index (χ2v) is 7.09. The molecular weight excluding hydrogens is 360 g/mol. The van der Waals surface area contributed by atoms with E-state index in [0.29, 0.717) is 10.6 Å². The molecule has 26 heavy (non-hydrogen) atoms. The Kier molecular flexibility index (Phi) is 6.48. The predicted octanol–water partition coefficient (Wildman–Crippen LogP) is 6.91. The van der Waals surface area contributed by atoms with E-state index < -0.39 is 0 Å². The lowest BCUT2D eigenvalue weighted by Gasteiger charge is -2.07. The maximum Gasteiger partial charge on any atom is 0.185 e. The number of hydrogen-bond donors (Lipinski definition) is 0. The van der Waals surface area contributed by atoms with E-state index in [1.54, 1.807) is 48.2 Å². The Labute approximate surface area is 163 Å². The van der Waals surface area contributed by atoms with Crippen LogP contribution in [0.25, 0.3) is 4.91 Å². The van der Waals surface area contributed by atoms with Crippen molar-refractivity contribution in [1.29, 1.82) is 0 Å². The first-order valence-corrected chi connectivity index (χ1v) is 9.38. The molecule has 0 aromatic heterocycles. The summed E-state index contributed by atoms with van der Waals surface area (Å²) in [6.07, 6.45) is 5.35. The lowest BCUT2D eigenvalue weighted by molar-refractivity contribution is 0.104. The zero-order valence-corrected chi connectivity index (χ0v) is 15.6. The zero-order chi connectivity index (χ0) is 18.2. The topological polar surface area (TPSA) is 17.1 Å². The van der Waals surface area contributed by atoms with E-state index in [0.717, 1.165) is 15.4 Å². The molecule has 0 heterocycles. The SMILES string of the molecule is O=C(/C=C/C=C(\Sc1ccccc1)c1ccccc1)c1ccc(Cl)cc1. The normalized spacial score (nSPS) is 11.7. The van der Waals surface area contributed by atoms with Crippen LogP contribution < -0.4 is 0 Å². The smallest absolute Gasteiger partial charge is 0.185 e. The van der Waals surface area contributed by atoms with Gasteiger partial charge < -0.3 is 0 Å². The van der Waals surface area contributed by atoms with Gasteiger partial charge >= 0.3 is 0 Å². The lowest BCUT2D eigenvalue weighted by Crippen LogP contribution is -1.92. The molecule has 0 aliphatic heterocycles. The molecule has 3 aromatic rings. The van der Waals surface area contributed by atoms with Gasteiger partial charge in [0.2, 0.25) is 0 Å². The summed E-state index contributed by atoms with van der Waals surface area (Å²) in [5.74, 6) is -0.0463. The molecule has 0 saturated carbocycles. The van der Waals surface area contributed by atoms with Crippen molar-refractivity contribution < 1.29 is 4.79 Å². The minimum atomic E-state index is -0.0463. The lowest BCUT2D eigenvalue weighted by atomic mass is 10.1. The van der Waals surface area contributed by atoms with Gasteiger partial charge in [-0.2, -0.15) is 0 Å². The fourth-order valence-corrected chi connectivity index (χ4v) is 3.41. The average molecular weight is 377 g/mol. The molecule has 3 heteroatoms. The van der Waals surface area contributed by atoms with Crippen molar-refractivity contribution in [2.75, 3.05) is 0 Å². The quantitative estimate of drug-likeness (QED) is 0.201. The van der Waals surface area contributed by atoms with Crippen LogP contribution in [0, 0.1) is 0 Å². The van der Waals surface area contributed by atoms with E-state index in [2.05, 4.69) is 24.3 Å². The Hall–Kier alpha value is -2.55. The Morgan fingerprint density at radius 1 is 0.769 bits per heavy atom. The van der Waals surface area contributed by atoms with Gasteiger partial charge in [0.15, 0.2) is 5.78 Å². The first-order valence-electron chi connectivity index (χ1n) is 8.19. The standard InChI is InChI=1S/C23H17ClOS/c24-20-16-14-18(15-17-20)22(25)12-7-13-23(19-8-3-1-4-9-19)26-21-10-5-2-6-11-21/h1-17H/b12-7+,23-13-. The summed E-state index contributed by atoms with van der Waals surface area (Å²) >= 11 is 7.54. The number of halogens is 1. The minimum absolute atomic E-state index is 0.0463. The van der Waals surface area contributed by atoms with Gasteiger partial charge in [-0.05, 0) is 54.1 Å². The maximum atomic E-state index is 12.3. The second-order valence-electron chi connectivity index (χ2n) is 5.54. The number of allylic oxidation sites excluding steroid dienone is 3. The van der Waals surface area contributed by atoms with Crippen molar-refractivity contribution >= 4 is 34.1 Å². The third kappa shape index (κ3) is 5.22. The summed E-state index contributed by atoms with van der Waals surface area (Å²) in [6, 6.07) is 27.2. The number of ketones is 1. The molecule has 3 aromatic carbocycles. The van der Waals surface area contributed by atoms with Crippen molar-refractivity contribution in [3.05, 3.63) is 119 Å². The number of carbonyl (C=O) groups is 1. The summed E-state index contributed by atoms with van der Waals surface area (Å²) in [5, 5.41) is 0.621. The van der Waals surface area contributed by atoms with E-state index in [4.69, 9.17) is 11.6 Å². The average Bonchev–Trinajstić information content (AvgIpc) is 2.69. The molecule has 0 atom stereocenters. The van der Waals surface area contributed by atoms with Gasteiger partial charge in [-0.1, -0.05) is 78.0 Å². The van der Waals surface area contributed by atoms with Crippen LogP contribution in [0.5, 0.6) is 0 Å². The van der Waals surface area contributed by atoms with Gasteiger partial charge in [0.1, 0.15) is 0 Å². The van der Waals surface area contributed by atoms with Crippen molar-refractivity contribution in [2.45, 2.75) is 4.90 Å². The molecule has 0 aliphatic rings. The highest BCUT2D eigenvalue weighted by Crippen LogP contribution is 2.34. The maximum absolute atomic E-state index is 12.3. The van der Waals surface area contributed by atoms with Gasteiger partial charge in [-0.3, -0.25) is 4.79 Å². The Morgan fingerprint density at radius 2 is 1.38 bits per heavy atom. The molecule has 0 amide bonds. The highest BCUT2D eigenvalue weighted by atomic mass is 35.5. The highest BCUT2D eigenvalue weighted by molar-refractivity contribution is 8.08. The number of rotatable bonds is 6. The number of carbonyl (C=O) groups excluding carboxylic acids is 1. The molecule has 0 aliphatic carbocycles. The van der Waals surface area contributed by atoms with Crippen LogP contribution in [0.1, 0.15) is 15.9 Å². The monoisotopic (exact) mass is 376 g/mol. The molecule has 0 bridgehead atoms. The van der Waals surface area contributed by atoms with Crippen LogP contribution in [0.4, 0.5) is 0 Å². The molecule has 128 valence electrons. The molecule has 0 spiro atoms. The highest BCUT2D eigenvalue weighted by Gasteiger charge is 2.04. The fourth-order valence-electron chi connectivity index (χ4n) is 2.34. The van der Waals surface area contributed by atoms with Crippen molar-refractivity contribution in [3.8, 4) is 0 Å². The van der Waals surface area contributed by atoms with Crippen molar-refractivity contribution in [3.63, 3.8) is 0 Å². The molecule has 0 fully saturated rings. The first kappa shape index (κ1) is 18.2. The van der Waals surface area contributed by atoms with Gasteiger partial charge in [-0.25, -0.2) is 0 Å². The van der Waals surface area contributed by atoms with Crippen LogP contribution in [-0.4, -0.2) is 5.78 Å². The molecule has 0 unspecified atom stereocenters. The number of benzene rings is 3. The molecule has 0 N–H and O–H groups in total. The third-order valence-corrected chi connectivity index (χ3v) is 5.00. The minimum Gasteiger partial charge on any atom is -0.289 e. The summed E-state index contributed by atoms with van der Waals surface area (Å²) in [7, 11) is 0. The Morgan fingerprint density at radius 3 is 2.04 bits per heavy atom. The van der Waals surface area contributed by atoms with Gasteiger partial charge in [0, 0.05) is 20.4 Å². The fraction of sp³-hybridized carbons (Fsp3) is 0. The summed E-state index contributed by atoms with van der Waals surface area (Å²) in [6.45, 7) is 0. The van der Waals surface area contributed by atoms with Gasteiger partial charge in [0.05, 0.1) is 0 Å². The second kappa shape index (κ2) is 9.23. The number of thioether (sulfide) groups is 1. The van der Waals surface area contributed by atoms with E-state index >= 15 is 0 Å². The molecule has 0 saturated heterocycles. The van der Waals surface area contributed by atoms with Crippen LogP contribution in [0.3, 0.4) is 0 Å². The van der Waals surface area contributed by atoms with E-state index in [-0.39, 0.29) is 5.78 Å². The third-order valence-electron chi connectivity index (χ3n) is 3.65. The van der Waals surface area contributed by atoms with Crippen LogP contribution in [0.2, 0.25) is 5.02 Å². The van der Waals surface area contributed by atoms with E-state index in [1.165, 1.54) is 0 Å². The molecule has 1 nitrogen and oxygen atoms in total. The van der Waals surface area contributed by atoms with Gasteiger partial charge in [0.25, 0.3) is 0 Å². The van der Waals surface area contributed by atoms with Crippen LogP contribution in [-0.2, 0) is 0 Å². The molecular formula is C23H17ClOS. The molecule has 3 rings (SSSR count). The number of hydrogen-bond acceptors (Lipinski definition) is 2. The summed E-state index contributed by atoms with van der Waals surface area (Å²) in [5.41, 5.74) is 1.74. The van der Waals surface area contributed by atoms with Crippen molar-refractivity contribution in [1.82, 2.24) is 0 Å². The van der Waals surface area contributed by atoms with Crippen LogP contribution >= 0.6 is 23.4 Å². The Balaban J connectivity index is 1.81. The van der Waals surface area contributed by atoms with Gasteiger partial charge in [-0.15, -0.1) is 0 Å². The zero-order valence-electron chi connectivity index (χ0n) is 14.0. The van der Waals surface area contributed by atoms with Crippen LogP contribution in [0.15, 0.2) is 108 Å². The Bertz CT molecular complexity index is 913. The predicted molar refractivity (Wildman–Crippen MR) is 112 cm³/mol.